The summed E-state index contributed by atoms with van der Waals surface area (Å²) in [6, 6.07) is 6.85. The molecule has 5 rings (SSSR count). The summed E-state index contributed by atoms with van der Waals surface area (Å²) in [5.41, 5.74) is 1.32. The second kappa shape index (κ2) is 10.8. The smallest absolute Gasteiger partial charge is 0.305 e. The average molecular weight is 561 g/mol. The number of ether oxygens (including phenoxy) is 1. The quantitative estimate of drug-likeness (QED) is 0.311. The molecule has 1 N–H and O–H groups in total. The molecule has 4 saturated carbocycles. The van der Waals surface area contributed by atoms with Crippen LogP contribution in [0.4, 0.5) is 0 Å². The number of aryl methyl sites for hydroxylation is 1. The number of hydrogen-bond acceptors (Lipinski definition) is 6. The molecular formula is C32H48O6S. The van der Waals surface area contributed by atoms with Crippen molar-refractivity contribution in [1.82, 2.24) is 0 Å². The van der Waals surface area contributed by atoms with E-state index in [1.165, 1.54) is 20.0 Å². The van der Waals surface area contributed by atoms with E-state index >= 15 is 0 Å². The van der Waals surface area contributed by atoms with Gasteiger partial charge in [-0.1, -0.05) is 38.5 Å². The van der Waals surface area contributed by atoms with Crippen LogP contribution in [0.3, 0.4) is 0 Å². The minimum absolute atomic E-state index is 0.104. The van der Waals surface area contributed by atoms with E-state index in [-0.39, 0.29) is 39.8 Å². The molecule has 4 aliphatic carbocycles. The Morgan fingerprint density at radius 3 is 2.38 bits per heavy atom. The third kappa shape index (κ3) is 5.21. The third-order valence-electron chi connectivity index (χ3n) is 12.0. The Kier molecular flexibility index (Phi) is 8.02. The zero-order valence-corrected chi connectivity index (χ0v) is 25.2. The summed E-state index contributed by atoms with van der Waals surface area (Å²) in [7, 11) is -2.35. The number of esters is 1. The number of fused-ring (bicyclic) bond motifs is 5. The number of carbonyl (C=O) groups excluding carboxylic acids is 1. The number of rotatable bonds is 7. The fraction of sp³-hybridized carbons (Fsp3) is 0.781. The minimum Gasteiger partial charge on any atom is -0.469 e. The number of methoxy groups -OCH3 is 1. The predicted octanol–water partition coefficient (Wildman–Crippen LogP) is 6.29. The van der Waals surface area contributed by atoms with Crippen LogP contribution in [0.1, 0.15) is 90.5 Å². The summed E-state index contributed by atoms with van der Waals surface area (Å²) in [6.07, 6.45) is 8.39. The molecule has 39 heavy (non-hydrogen) atoms. The van der Waals surface area contributed by atoms with Crippen molar-refractivity contribution in [3.63, 3.8) is 0 Å². The fourth-order valence-electron chi connectivity index (χ4n) is 9.83. The van der Waals surface area contributed by atoms with Crippen LogP contribution in [0, 0.1) is 53.3 Å². The van der Waals surface area contributed by atoms with Crippen LogP contribution < -0.4 is 0 Å². The van der Waals surface area contributed by atoms with E-state index in [1.54, 1.807) is 24.3 Å². The Bertz CT molecular complexity index is 1150. The Labute approximate surface area is 235 Å². The normalized spacial score (nSPS) is 40.7. The molecule has 10 atom stereocenters. The first-order chi connectivity index (χ1) is 18.4. The first kappa shape index (κ1) is 29.1. The van der Waals surface area contributed by atoms with Crippen molar-refractivity contribution in [1.29, 1.82) is 0 Å². The van der Waals surface area contributed by atoms with Crippen LogP contribution in [-0.2, 0) is 23.8 Å². The van der Waals surface area contributed by atoms with E-state index in [0.29, 0.717) is 42.4 Å². The molecule has 0 unspecified atom stereocenters. The van der Waals surface area contributed by atoms with Gasteiger partial charge in [0.15, 0.2) is 0 Å². The Balaban J connectivity index is 1.28. The topological polar surface area (TPSA) is 89.9 Å². The summed E-state index contributed by atoms with van der Waals surface area (Å²) in [5.74, 6) is 2.44. The maximum atomic E-state index is 13.0. The zero-order valence-electron chi connectivity index (χ0n) is 24.4. The number of aliphatic hydroxyl groups excluding tert-OH is 1. The van der Waals surface area contributed by atoms with Crippen LogP contribution in [0.15, 0.2) is 29.2 Å². The van der Waals surface area contributed by atoms with Gasteiger partial charge >= 0.3 is 5.97 Å². The molecule has 0 bridgehead atoms. The van der Waals surface area contributed by atoms with E-state index in [1.807, 2.05) is 6.92 Å². The van der Waals surface area contributed by atoms with Gasteiger partial charge in [-0.05, 0) is 123 Å². The van der Waals surface area contributed by atoms with E-state index in [0.717, 1.165) is 44.1 Å². The van der Waals surface area contributed by atoms with Crippen LogP contribution in [0.5, 0.6) is 0 Å². The molecule has 4 aliphatic rings. The van der Waals surface area contributed by atoms with Gasteiger partial charge in [0.2, 0.25) is 0 Å². The molecule has 0 spiro atoms. The van der Waals surface area contributed by atoms with Gasteiger partial charge in [-0.15, -0.1) is 0 Å². The van der Waals surface area contributed by atoms with Crippen molar-refractivity contribution in [2.75, 3.05) is 7.11 Å². The molecule has 4 fully saturated rings. The van der Waals surface area contributed by atoms with Gasteiger partial charge in [-0.25, -0.2) is 0 Å². The predicted molar refractivity (Wildman–Crippen MR) is 150 cm³/mol. The average Bonchev–Trinajstić information content (AvgIpc) is 3.25. The second-order valence-corrected chi connectivity index (χ2v) is 15.4. The van der Waals surface area contributed by atoms with Crippen molar-refractivity contribution < 1.29 is 27.2 Å². The maximum Gasteiger partial charge on any atom is 0.305 e. The monoisotopic (exact) mass is 560 g/mol. The highest BCUT2D eigenvalue weighted by molar-refractivity contribution is 7.86. The first-order valence-electron chi connectivity index (χ1n) is 15.1. The van der Waals surface area contributed by atoms with Gasteiger partial charge in [0, 0.05) is 6.42 Å². The molecule has 6 nitrogen and oxygen atoms in total. The van der Waals surface area contributed by atoms with Gasteiger partial charge in [-0.2, -0.15) is 8.42 Å². The summed E-state index contributed by atoms with van der Waals surface area (Å²) < 4.78 is 36.7. The van der Waals surface area contributed by atoms with Crippen LogP contribution in [0.25, 0.3) is 0 Å². The highest BCUT2D eigenvalue weighted by Gasteiger charge is 2.63. The first-order valence-corrected chi connectivity index (χ1v) is 16.5. The Morgan fingerprint density at radius 1 is 1.03 bits per heavy atom. The van der Waals surface area contributed by atoms with Crippen molar-refractivity contribution in [2.24, 2.45) is 46.3 Å². The zero-order chi connectivity index (χ0) is 28.2. The van der Waals surface area contributed by atoms with Crippen molar-refractivity contribution in [3.8, 4) is 0 Å². The standard InChI is InChI=1S/C32H48O6S/c1-20-6-9-24(10-7-20)39(35,36)38-23-14-16-31(3)22(18-23)19-28(33)30-26-12-11-25(21(2)8-13-29(34)37-5)32(26,4)17-15-27(30)31/h6-7,9-10,21-23,25-28,30,33H,8,11-19H2,1-5H3/t21-,22+,23-,25-,26+,27+,28-,30+,31+,32-/m1/s1. The summed E-state index contributed by atoms with van der Waals surface area (Å²) in [5, 5.41) is 11.7. The summed E-state index contributed by atoms with van der Waals surface area (Å²) in [6.45, 7) is 9.11. The molecule has 0 radical (unpaired) electrons. The second-order valence-electron chi connectivity index (χ2n) is 13.9. The van der Waals surface area contributed by atoms with Crippen molar-refractivity contribution >= 4 is 16.1 Å². The van der Waals surface area contributed by atoms with E-state index in [9.17, 15) is 18.3 Å². The highest BCUT2D eigenvalue weighted by Crippen LogP contribution is 2.68. The summed E-state index contributed by atoms with van der Waals surface area (Å²) >= 11 is 0. The fourth-order valence-corrected chi connectivity index (χ4v) is 10.9. The molecule has 0 saturated heterocycles. The molecule has 0 aliphatic heterocycles. The molecule has 0 heterocycles. The van der Waals surface area contributed by atoms with E-state index in [2.05, 4.69) is 20.8 Å². The van der Waals surface area contributed by atoms with Gasteiger partial charge in [0.1, 0.15) is 0 Å². The molecule has 0 aromatic heterocycles. The number of benzene rings is 1. The van der Waals surface area contributed by atoms with Gasteiger partial charge in [-0.3, -0.25) is 8.98 Å². The van der Waals surface area contributed by atoms with E-state index in [4.69, 9.17) is 8.92 Å². The van der Waals surface area contributed by atoms with Crippen LogP contribution in [-0.4, -0.2) is 38.8 Å². The maximum absolute atomic E-state index is 13.0. The number of carbonyl (C=O) groups is 1. The molecule has 218 valence electrons. The molecule has 1 aromatic rings. The molecule has 0 amide bonds. The van der Waals surface area contributed by atoms with E-state index < -0.39 is 10.1 Å². The molecule has 7 heteroatoms. The lowest BCUT2D eigenvalue weighted by Crippen LogP contribution is -2.58. The summed E-state index contributed by atoms with van der Waals surface area (Å²) in [4.78, 5) is 12.0. The van der Waals surface area contributed by atoms with Crippen molar-refractivity contribution in [3.05, 3.63) is 29.8 Å². The number of aliphatic hydroxyl groups is 1. The molecular weight excluding hydrogens is 512 g/mol. The lowest BCUT2D eigenvalue weighted by molar-refractivity contribution is -0.172. The minimum atomic E-state index is -3.81. The Hall–Kier alpha value is -1.44. The van der Waals surface area contributed by atoms with Gasteiger partial charge in [0.05, 0.1) is 24.2 Å². The van der Waals surface area contributed by atoms with Gasteiger partial charge < -0.3 is 9.84 Å². The highest BCUT2D eigenvalue weighted by atomic mass is 32.2. The lowest BCUT2D eigenvalue weighted by atomic mass is 9.43. The molecule has 1 aromatic carbocycles. The Morgan fingerprint density at radius 2 is 1.69 bits per heavy atom. The van der Waals surface area contributed by atoms with Gasteiger partial charge in [0.25, 0.3) is 10.1 Å². The lowest BCUT2D eigenvalue weighted by Gasteiger charge is -2.62. The van der Waals surface area contributed by atoms with Crippen LogP contribution in [0.2, 0.25) is 0 Å². The van der Waals surface area contributed by atoms with Crippen molar-refractivity contribution in [2.45, 2.75) is 109 Å². The third-order valence-corrected chi connectivity index (χ3v) is 13.4. The SMILES string of the molecule is COC(=O)CC[C@@H](C)[C@H]1CC[C@H]2[C@@H]3[C@H](O)C[C@@H]4C[C@H](OS(=O)(=O)c5ccc(C)cc5)CC[C@]4(C)[C@H]3CC[C@]12C. The van der Waals surface area contributed by atoms with Crippen LogP contribution >= 0.6 is 0 Å². The largest absolute Gasteiger partial charge is 0.469 e. The number of hydrogen-bond donors (Lipinski definition) is 1.